The summed E-state index contributed by atoms with van der Waals surface area (Å²) in [6.07, 6.45) is 1.62. The normalized spacial score (nSPS) is 15.1. The highest BCUT2D eigenvalue weighted by molar-refractivity contribution is 6.39. The van der Waals surface area contributed by atoms with E-state index in [1.54, 1.807) is 0 Å². The number of ether oxygens (including phenoxy) is 1. The molecule has 1 heterocycles. The second-order valence-corrected chi connectivity index (χ2v) is 5.82. The standard InChI is InChI=1S/C18H27N3O3/c1-3-14-6-5-7-15(4-2)16(14)20-18(23)17(22)19-8-9-21-10-12-24-13-11-21/h5-7H,3-4,8-13H2,1-2H3,(H,19,22)(H,20,23). The number of hydrogen-bond acceptors (Lipinski definition) is 4. The molecule has 2 rings (SSSR count). The van der Waals surface area contributed by atoms with Gasteiger partial charge >= 0.3 is 11.8 Å². The maximum atomic E-state index is 12.2. The van der Waals surface area contributed by atoms with Gasteiger partial charge in [-0.3, -0.25) is 14.5 Å². The minimum Gasteiger partial charge on any atom is -0.379 e. The topological polar surface area (TPSA) is 70.7 Å². The molecule has 0 saturated carbocycles. The number of hydrogen-bond donors (Lipinski definition) is 2. The van der Waals surface area contributed by atoms with Gasteiger partial charge in [0.15, 0.2) is 0 Å². The number of amides is 2. The van der Waals surface area contributed by atoms with Gasteiger partial charge in [-0.25, -0.2) is 0 Å². The molecule has 0 atom stereocenters. The van der Waals surface area contributed by atoms with Crippen LogP contribution in [0, 0.1) is 0 Å². The summed E-state index contributed by atoms with van der Waals surface area (Å²) in [5, 5.41) is 5.48. The minimum atomic E-state index is -0.604. The van der Waals surface area contributed by atoms with Crippen molar-refractivity contribution in [1.29, 1.82) is 0 Å². The van der Waals surface area contributed by atoms with Gasteiger partial charge in [0, 0.05) is 31.9 Å². The number of para-hydroxylation sites is 1. The van der Waals surface area contributed by atoms with Gasteiger partial charge in [0.1, 0.15) is 0 Å². The lowest BCUT2D eigenvalue weighted by molar-refractivity contribution is -0.136. The summed E-state index contributed by atoms with van der Waals surface area (Å²) in [6.45, 7) is 8.44. The summed E-state index contributed by atoms with van der Waals surface area (Å²) in [5.41, 5.74) is 2.86. The SMILES string of the molecule is CCc1cccc(CC)c1NC(=O)C(=O)NCCN1CCOCC1. The Morgan fingerprint density at radius 3 is 2.29 bits per heavy atom. The molecule has 0 radical (unpaired) electrons. The van der Waals surface area contributed by atoms with Crippen molar-refractivity contribution < 1.29 is 14.3 Å². The van der Waals surface area contributed by atoms with Gasteiger partial charge in [-0.1, -0.05) is 32.0 Å². The summed E-state index contributed by atoms with van der Waals surface area (Å²) in [6, 6.07) is 5.94. The lowest BCUT2D eigenvalue weighted by atomic mass is 10.0. The van der Waals surface area contributed by atoms with Crippen LogP contribution in [0.3, 0.4) is 0 Å². The summed E-state index contributed by atoms with van der Waals surface area (Å²) in [4.78, 5) is 26.4. The first-order valence-electron chi connectivity index (χ1n) is 8.65. The van der Waals surface area contributed by atoms with E-state index in [0.29, 0.717) is 6.54 Å². The predicted molar refractivity (Wildman–Crippen MR) is 94.1 cm³/mol. The molecule has 1 aliphatic heterocycles. The molecule has 132 valence electrons. The fourth-order valence-corrected chi connectivity index (χ4v) is 2.81. The molecule has 6 heteroatoms. The molecular formula is C18H27N3O3. The number of carbonyl (C=O) groups excluding carboxylic acids is 2. The molecule has 24 heavy (non-hydrogen) atoms. The number of benzene rings is 1. The van der Waals surface area contributed by atoms with Crippen LogP contribution in [0.1, 0.15) is 25.0 Å². The van der Waals surface area contributed by atoms with E-state index in [1.165, 1.54) is 0 Å². The van der Waals surface area contributed by atoms with Gasteiger partial charge in [0.25, 0.3) is 0 Å². The fraction of sp³-hybridized carbons (Fsp3) is 0.556. The lowest BCUT2D eigenvalue weighted by Gasteiger charge is -2.26. The average Bonchev–Trinajstić information content (AvgIpc) is 2.62. The first-order valence-corrected chi connectivity index (χ1v) is 8.65. The Kier molecular flexibility index (Phi) is 7.21. The van der Waals surface area contributed by atoms with E-state index in [0.717, 1.165) is 62.5 Å². The zero-order valence-electron chi connectivity index (χ0n) is 14.6. The van der Waals surface area contributed by atoms with Crippen molar-refractivity contribution in [2.75, 3.05) is 44.7 Å². The number of carbonyl (C=O) groups is 2. The molecule has 6 nitrogen and oxygen atoms in total. The fourth-order valence-electron chi connectivity index (χ4n) is 2.81. The molecule has 0 spiro atoms. The van der Waals surface area contributed by atoms with Crippen LogP contribution in [0.5, 0.6) is 0 Å². The summed E-state index contributed by atoms with van der Waals surface area (Å²) in [7, 11) is 0. The molecule has 1 aliphatic rings. The molecule has 1 aromatic carbocycles. The van der Waals surface area contributed by atoms with Crippen LogP contribution in [0.15, 0.2) is 18.2 Å². The van der Waals surface area contributed by atoms with Crippen LogP contribution in [0.2, 0.25) is 0 Å². The summed E-state index contributed by atoms with van der Waals surface area (Å²) < 4.78 is 5.28. The van der Waals surface area contributed by atoms with Crippen LogP contribution >= 0.6 is 0 Å². The molecule has 0 aromatic heterocycles. The van der Waals surface area contributed by atoms with Crippen molar-refractivity contribution in [3.05, 3.63) is 29.3 Å². The van der Waals surface area contributed by atoms with Gasteiger partial charge in [0.2, 0.25) is 0 Å². The Bertz CT molecular complexity index is 546. The molecule has 1 saturated heterocycles. The van der Waals surface area contributed by atoms with Crippen LogP contribution in [0.4, 0.5) is 5.69 Å². The van der Waals surface area contributed by atoms with E-state index in [-0.39, 0.29) is 0 Å². The van der Waals surface area contributed by atoms with E-state index < -0.39 is 11.8 Å². The average molecular weight is 333 g/mol. The van der Waals surface area contributed by atoms with Crippen molar-refractivity contribution in [3.63, 3.8) is 0 Å². The zero-order valence-corrected chi connectivity index (χ0v) is 14.6. The quantitative estimate of drug-likeness (QED) is 0.768. The van der Waals surface area contributed by atoms with Crippen molar-refractivity contribution in [1.82, 2.24) is 10.2 Å². The maximum absolute atomic E-state index is 12.2. The van der Waals surface area contributed by atoms with E-state index in [1.807, 2.05) is 32.0 Å². The monoisotopic (exact) mass is 333 g/mol. The highest BCUT2D eigenvalue weighted by Gasteiger charge is 2.17. The van der Waals surface area contributed by atoms with E-state index in [9.17, 15) is 9.59 Å². The van der Waals surface area contributed by atoms with Crippen molar-refractivity contribution in [3.8, 4) is 0 Å². The molecule has 1 fully saturated rings. The Hall–Kier alpha value is -1.92. The Morgan fingerprint density at radius 2 is 1.71 bits per heavy atom. The third kappa shape index (κ3) is 5.04. The number of aryl methyl sites for hydroxylation is 2. The van der Waals surface area contributed by atoms with E-state index in [2.05, 4.69) is 15.5 Å². The third-order valence-corrected chi connectivity index (χ3v) is 4.26. The Labute approximate surface area is 143 Å². The van der Waals surface area contributed by atoms with Crippen LogP contribution < -0.4 is 10.6 Å². The molecule has 0 unspecified atom stereocenters. The Balaban J connectivity index is 1.86. The van der Waals surface area contributed by atoms with Crippen molar-refractivity contribution >= 4 is 17.5 Å². The highest BCUT2D eigenvalue weighted by atomic mass is 16.5. The number of morpholine rings is 1. The number of rotatable bonds is 6. The van der Waals surface area contributed by atoms with Crippen LogP contribution in [-0.4, -0.2) is 56.1 Å². The zero-order chi connectivity index (χ0) is 17.4. The smallest absolute Gasteiger partial charge is 0.313 e. The van der Waals surface area contributed by atoms with Crippen LogP contribution in [-0.2, 0) is 27.2 Å². The highest BCUT2D eigenvalue weighted by Crippen LogP contribution is 2.22. The van der Waals surface area contributed by atoms with Gasteiger partial charge < -0.3 is 15.4 Å². The second kappa shape index (κ2) is 9.39. The molecule has 2 N–H and O–H groups in total. The molecule has 0 aliphatic carbocycles. The second-order valence-electron chi connectivity index (χ2n) is 5.82. The number of nitrogens with one attached hydrogen (secondary N) is 2. The molecule has 2 amide bonds. The summed E-state index contributed by atoms with van der Waals surface area (Å²) in [5.74, 6) is -1.19. The van der Waals surface area contributed by atoms with Crippen LogP contribution in [0.25, 0.3) is 0 Å². The molecular weight excluding hydrogens is 306 g/mol. The maximum Gasteiger partial charge on any atom is 0.313 e. The lowest BCUT2D eigenvalue weighted by Crippen LogP contribution is -2.43. The number of nitrogens with zero attached hydrogens (tertiary/aromatic N) is 1. The van der Waals surface area contributed by atoms with Gasteiger partial charge in [0.05, 0.1) is 13.2 Å². The predicted octanol–water partition coefficient (Wildman–Crippen LogP) is 1.20. The van der Waals surface area contributed by atoms with Crippen molar-refractivity contribution in [2.24, 2.45) is 0 Å². The molecule has 0 bridgehead atoms. The largest absolute Gasteiger partial charge is 0.379 e. The first-order chi connectivity index (χ1) is 11.7. The number of anilines is 1. The van der Waals surface area contributed by atoms with Gasteiger partial charge in [-0.15, -0.1) is 0 Å². The molecule has 1 aromatic rings. The third-order valence-electron chi connectivity index (χ3n) is 4.26. The summed E-state index contributed by atoms with van der Waals surface area (Å²) >= 11 is 0. The van der Waals surface area contributed by atoms with Gasteiger partial charge in [-0.05, 0) is 24.0 Å². The van der Waals surface area contributed by atoms with E-state index in [4.69, 9.17) is 4.74 Å². The first kappa shape index (κ1) is 18.4. The van der Waals surface area contributed by atoms with E-state index >= 15 is 0 Å². The van der Waals surface area contributed by atoms with Gasteiger partial charge in [-0.2, -0.15) is 0 Å². The Morgan fingerprint density at radius 1 is 1.08 bits per heavy atom. The minimum absolute atomic E-state index is 0.461. The van der Waals surface area contributed by atoms with Crippen molar-refractivity contribution in [2.45, 2.75) is 26.7 Å².